The summed E-state index contributed by atoms with van der Waals surface area (Å²) < 4.78 is 8.97. The molecule has 37 heavy (non-hydrogen) atoms. The molecule has 2 atom stereocenters. The third kappa shape index (κ3) is 4.65. The van der Waals surface area contributed by atoms with Gasteiger partial charge in [0.1, 0.15) is 5.75 Å². The van der Waals surface area contributed by atoms with Crippen LogP contribution in [0, 0.1) is 0 Å². The number of nitrogens with zero attached hydrogens (tertiary/aromatic N) is 1. The van der Waals surface area contributed by atoms with Crippen molar-refractivity contribution in [2.24, 2.45) is 0 Å². The van der Waals surface area contributed by atoms with E-state index in [1.165, 1.54) is 54.9 Å². The molecule has 1 aromatic heterocycles. The monoisotopic (exact) mass is 522 g/mol. The van der Waals surface area contributed by atoms with Crippen molar-refractivity contribution in [2.45, 2.75) is 48.5 Å². The molecule has 0 amide bonds. The summed E-state index contributed by atoms with van der Waals surface area (Å²) in [6.07, 6.45) is 5.56. The van der Waals surface area contributed by atoms with Crippen LogP contribution in [0.3, 0.4) is 0 Å². The number of nitrogens with one attached hydrogen (secondary N) is 1. The minimum atomic E-state index is 0.504. The van der Waals surface area contributed by atoms with Gasteiger partial charge in [0.2, 0.25) is 0 Å². The Bertz CT molecular complexity index is 1540. The Morgan fingerprint density at radius 2 is 1.68 bits per heavy atom. The predicted octanol–water partition coefficient (Wildman–Crippen LogP) is 8.28. The Balaban J connectivity index is 1.05. The third-order valence-corrected chi connectivity index (χ3v) is 10.0. The SMILES string of the molecule is c1ccc2c(CCOc3cc4c(cc3CCCSc3nc5ccccc5s3)[C@H]3CC[C@@H]4N3)cccc2c1. The quantitative estimate of drug-likeness (QED) is 0.156. The van der Waals surface area contributed by atoms with Gasteiger partial charge in [-0.2, -0.15) is 0 Å². The Morgan fingerprint density at radius 1 is 0.865 bits per heavy atom. The average molecular weight is 523 g/mol. The molecular weight excluding hydrogens is 492 g/mol. The third-order valence-electron chi connectivity index (χ3n) is 7.76. The maximum atomic E-state index is 6.53. The van der Waals surface area contributed by atoms with Crippen LogP contribution >= 0.6 is 23.1 Å². The molecule has 2 aliphatic heterocycles. The standard InChI is InChI=1S/C32H30N2OS2/c1-2-11-24-21(7-1)8-5-9-22(24)16-17-35-30-20-26-25(27-14-15-28(26)33-27)19-23(30)10-6-18-36-32-34-29-12-3-4-13-31(29)37-32/h1-5,7-9,11-13,19-20,27-28,33H,6,10,14-18H2/t27-,28+/m1/s1. The van der Waals surface area contributed by atoms with Gasteiger partial charge in [-0.1, -0.05) is 72.4 Å². The fourth-order valence-electron chi connectivity index (χ4n) is 5.94. The zero-order valence-electron chi connectivity index (χ0n) is 20.8. The summed E-state index contributed by atoms with van der Waals surface area (Å²) in [6.45, 7) is 0.696. The van der Waals surface area contributed by atoms with Crippen molar-refractivity contribution < 1.29 is 4.74 Å². The lowest BCUT2D eigenvalue weighted by Crippen LogP contribution is -2.07. The first kappa shape index (κ1) is 23.3. The van der Waals surface area contributed by atoms with E-state index in [4.69, 9.17) is 9.72 Å². The zero-order chi connectivity index (χ0) is 24.6. The van der Waals surface area contributed by atoms with Crippen LogP contribution in [0.25, 0.3) is 21.0 Å². The fraction of sp³-hybridized carbons (Fsp3) is 0.281. The van der Waals surface area contributed by atoms with Crippen LogP contribution in [0.4, 0.5) is 0 Å². The van der Waals surface area contributed by atoms with E-state index in [1.807, 2.05) is 11.8 Å². The van der Waals surface area contributed by atoms with E-state index < -0.39 is 0 Å². The van der Waals surface area contributed by atoms with Crippen LogP contribution in [0.2, 0.25) is 0 Å². The van der Waals surface area contributed by atoms with Crippen LogP contribution < -0.4 is 10.1 Å². The van der Waals surface area contributed by atoms with Crippen LogP contribution in [0.1, 0.15) is 53.6 Å². The van der Waals surface area contributed by atoms with Crippen molar-refractivity contribution in [3.63, 3.8) is 0 Å². The second kappa shape index (κ2) is 10.1. The number of hydrogen-bond donors (Lipinski definition) is 1. The highest BCUT2D eigenvalue weighted by atomic mass is 32.2. The molecule has 1 N–H and O–H groups in total. The van der Waals surface area contributed by atoms with Gasteiger partial charge in [0.05, 0.1) is 16.8 Å². The first-order valence-corrected chi connectivity index (χ1v) is 15.1. The minimum Gasteiger partial charge on any atom is -0.493 e. The number of aryl methyl sites for hydroxylation is 1. The number of fused-ring (bicyclic) bond motifs is 7. The van der Waals surface area contributed by atoms with Crippen LogP contribution in [-0.2, 0) is 12.8 Å². The van der Waals surface area contributed by atoms with Crippen molar-refractivity contribution in [2.75, 3.05) is 12.4 Å². The first-order valence-electron chi connectivity index (χ1n) is 13.3. The van der Waals surface area contributed by atoms with Gasteiger partial charge in [-0.15, -0.1) is 11.3 Å². The molecule has 4 aromatic carbocycles. The molecule has 0 unspecified atom stereocenters. The molecule has 0 aliphatic carbocycles. The van der Waals surface area contributed by atoms with E-state index in [-0.39, 0.29) is 0 Å². The molecule has 0 spiro atoms. The molecule has 3 nitrogen and oxygen atoms in total. The average Bonchev–Trinajstić information content (AvgIpc) is 3.66. The Morgan fingerprint density at radius 3 is 2.59 bits per heavy atom. The number of para-hydroxylation sites is 1. The number of thioether (sulfide) groups is 1. The van der Waals surface area contributed by atoms with E-state index in [2.05, 4.69) is 84.2 Å². The molecule has 2 aliphatic rings. The molecule has 1 fully saturated rings. The van der Waals surface area contributed by atoms with E-state index in [0.29, 0.717) is 18.7 Å². The van der Waals surface area contributed by atoms with Gasteiger partial charge in [-0.05, 0) is 76.9 Å². The van der Waals surface area contributed by atoms with Gasteiger partial charge >= 0.3 is 0 Å². The Kier molecular flexibility index (Phi) is 6.37. The summed E-state index contributed by atoms with van der Waals surface area (Å²) in [7, 11) is 0. The van der Waals surface area contributed by atoms with E-state index in [9.17, 15) is 0 Å². The summed E-state index contributed by atoms with van der Waals surface area (Å²) in [5.74, 6) is 2.15. The number of aromatic nitrogens is 1. The maximum absolute atomic E-state index is 6.53. The second-order valence-electron chi connectivity index (χ2n) is 10.1. The zero-order valence-corrected chi connectivity index (χ0v) is 22.4. The summed E-state index contributed by atoms with van der Waals surface area (Å²) >= 11 is 3.68. The van der Waals surface area contributed by atoms with Crippen molar-refractivity contribution in [3.05, 3.63) is 101 Å². The summed E-state index contributed by atoms with van der Waals surface area (Å²) in [6, 6.07) is 29.5. The summed E-state index contributed by atoms with van der Waals surface area (Å²) in [5, 5.41) is 6.41. The van der Waals surface area contributed by atoms with Crippen LogP contribution in [0.15, 0.2) is 83.2 Å². The number of rotatable bonds is 9. The maximum Gasteiger partial charge on any atom is 0.151 e. The Hall–Kier alpha value is -2.86. The highest BCUT2D eigenvalue weighted by molar-refractivity contribution is 8.01. The van der Waals surface area contributed by atoms with Crippen LogP contribution in [0.5, 0.6) is 5.75 Å². The van der Waals surface area contributed by atoms with Gasteiger partial charge in [0.25, 0.3) is 0 Å². The molecule has 0 radical (unpaired) electrons. The molecule has 7 rings (SSSR count). The van der Waals surface area contributed by atoms with Gasteiger partial charge < -0.3 is 10.1 Å². The summed E-state index contributed by atoms with van der Waals surface area (Å²) in [5.41, 5.74) is 6.79. The normalized spacial score (nSPS) is 18.1. The first-order chi connectivity index (χ1) is 18.3. The van der Waals surface area contributed by atoms with E-state index >= 15 is 0 Å². The van der Waals surface area contributed by atoms with Crippen LogP contribution in [-0.4, -0.2) is 17.3 Å². The molecule has 5 heteroatoms. The lowest BCUT2D eigenvalue weighted by Gasteiger charge is -2.19. The molecule has 186 valence electrons. The largest absolute Gasteiger partial charge is 0.493 e. The van der Waals surface area contributed by atoms with E-state index in [1.54, 1.807) is 11.3 Å². The van der Waals surface area contributed by atoms with E-state index in [0.717, 1.165) is 36.3 Å². The molecule has 2 bridgehead atoms. The number of benzene rings is 4. The van der Waals surface area contributed by atoms with Gasteiger partial charge in [-0.3, -0.25) is 0 Å². The molecule has 5 aromatic rings. The predicted molar refractivity (Wildman–Crippen MR) is 156 cm³/mol. The topological polar surface area (TPSA) is 34.1 Å². The fourth-order valence-corrected chi connectivity index (χ4v) is 8.02. The molecule has 3 heterocycles. The number of ether oxygens (including phenoxy) is 1. The van der Waals surface area contributed by atoms with Crippen molar-refractivity contribution in [3.8, 4) is 5.75 Å². The molecule has 0 saturated carbocycles. The van der Waals surface area contributed by atoms with Crippen molar-refractivity contribution in [1.29, 1.82) is 0 Å². The highest BCUT2D eigenvalue weighted by Gasteiger charge is 2.37. The van der Waals surface area contributed by atoms with Crippen molar-refractivity contribution >= 4 is 44.1 Å². The lowest BCUT2D eigenvalue weighted by atomic mass is 9.89. The second-order valence-corrected chi connectivity index (χ2v) is 12.4. The number of thiazole rings is 1. The van der Waals surface area contributed by atoms with Gasteiger partial charge in [0, 0.05) is 24.3 Å². The summed E-state index contributed by atoms with van der Waals surface area (Å²) in [4.78, 5) is 4.79. The van der Waals surface area contributed by atoms with Gasteiger partial charge in [-0.25, -0.2) is 4.98 Å². The minimum absolute atomic E-state index is 0.504. The lowest BCUT2D eigenvalue weighted by molar-refractivity contribution is 0.318. The molecular formula is C32H30N2OS2. The molecule has 1 saturated heterocycles. The van der Waals surface area contributed by atoms with Gasteiger partial charge in [0.15, 0.2) is 4.34 Å². The smallest absolute Gasteiger partial charge is 0.151 e. The highest BCUT2D eigenvalue weighted by Crippen LogP contribution is 2.47. The van der Waals surface area contributed by atoms with Crippen molar-refractivity contribution in [1.82, 2.24) is 10.3 Å². The number of hydrogen-bond acceptors (Lipinski definition) is 5. The Labute approximate surface area is 226 Å².